The van der Waals surface area contributed by atoms with E-state index in [9.17, 15) is 0 Å². The summed E-state index contributed by atoms with van der Waals surface area (Å²) in [6.45, 7) is 4.06. The van der Waals surface area contributed by atoms with Crippen LogP contribution in [0, 0.1) is 23.7 Å². The van der Waals surface area contributed by atoms with Crippen molar-refractivity contribution in [3.8, 4) is 23.7 Å². The predicted molar refractivity (Wildman–Crippen MR) is 90.0 cm³/mol. The monoisotopic (exact) mass is 272 g/mol. The maximum absolute atomic E-state index is 3.21. The quantitative estimate of drug-likeness (QED) is 0.704. The van der Waals surface area contributed by atoms with Gasteiger partial charge in [0.2, 0.25) is 0 Å². The van der Waals surface area contributed by atoms with E-state index in [0.29, 0.717) is 0 Å². The molecule has 0 saturated heterocycles. The van der Waals surface area contributed by atoms with Gasteiger partial charge in [-0.15, -0.1) is 5.92 Å². The van der Waals surface area contributed by atoms with Crippen molar-refractivity contribution in [3.05, 3.63) is 70.8 Å². The smallest absolute Gasteiger partial charge is 0.0249 e. The Kier molecular flexibility index (Phi) is 5.69. The molecule has 2 aromatic carbocycles. The first-order chi connectivity index (χ1) is 10.3. The Balaban J connectivity index is 2.05. The van der Waals surface area contributed by atoms with E-state index in [1.54, 1.807) is 0 Å². The number of hydrogen-bond acceptors (Lipinski definition) is 0. The van der Waals surface area contributed by atoms with Crippen molar-refractivity contribution in [2.45, 2.75) is 33.1 Å². The van der Waals surface area contributed by atoms with Gasteiger partial charge in [0.05, 0.1) is 0 Å². The molecule has 0 N–H and O–H groups in total. The molecule has 0 aliphatic carbocycles. The van der Waals surface area contributed by atoms with Crippen LogP contribution in [0.5, 0.6) is 0 Å². The van der Waals surface area contributed by atoms with Crippen LogP contribution in [0.15, 0.2) is 48.5 Å². The third-order valence-corrected chi connectivity index (χ3v) is 3.28. The molecular weight excluding hydrogens is 252 g/mol. The minimum atomic E-state index is 1.02. The van der Waals surface area contributed by atoms with Crippen molar-refractivity contribution in [1.29, 1.82) is 0 Å². The maximum atomic E-state index is 3.21. The summed E-state index contributed by atoms with van der Waals surface area (Å²) in [7, 11) is 0. The molecule has 2 rings (SSSR count). The van der Waals surface area contributed by atoms with Crippen LogP contribution in [-0.2, 0) is 6.42 Å². The van der Waals surface area contributed by atoms with E-state index < -0.39 is 0 Å². The molecular formula is C21H20. The van der Waals surface area contributed by atoms with Crippen LogP contribution in [0.25, 0.3) is 0 Å². The Morgan fingerprint density at radius 2 is 1.19 bits per heavy atom. The molecule has 0 spiro atoms. The van der Waals surface area contributed by atoms with Gasteiger partial charge in [-0.25, -0.2) is 0 Å². The lowest BCUT2D eigenvalue weighted by molar-refractivity contribution is 0.795. The third-order valence-electron chi connectivity index (χ3n) is 3.28. The second-order valence-corrected chi connectivity index (χ2v) is 5.00. The largest absolute Gasteiger partial charge is 0.101 e. The van der Waals surface area contributed by atoms with Gasteiger partial charge in [0.25, 0.3) is 0 Å². The third kappa shape index (κ3) is 4.87. The van der Waals surface area contributed by atoms with Gasteiger partial charge >= 0.3 is 0 Å². The first-order valence-corrected chi connectivity index (χ1v) is 7.45. The van der Waals surface area contributed by atoms with E-state index in [-0.39, 0.29) is 0 Å². The molecule has 0 heteroatoms. The molecule has 0 nitrogen and oxygen atoms in total. The Hall–Kier alpha value is -2.44. The molecule has 0 aliphatic heterocycles. The molecule has 0 radical (unpaired) electrons. The number of hydrogen-bond donors (Lipinski definition) is 0. The summed E-state index contributed by atoms with van der Waals surface area (Å²) in [5, 5.41) is 0. The molecule has 21 heavy (non-hydrogen) atoms. The highest BCUT2D eigenvalue weighted by atomic mass is 14.0. The summed E-state index contributed by atoms with van der Waals surface area (Å²) in [4.78, 5) is 0. The van der Waals surface area contributed by atoms with Crippen molar-refractivity contribution >= 4 is 0 Å². The van der Waals surface area contributed by atoms with Crippen LogP contribution in [-0.4, -0.2) is 0 Å². The summed E-state index contributed by atoms with van der Waals surface area (Å²) in [5.41, 5.74) is 4.51. The highest BCUT2D eigenvalue weighted by Gasteiger charge is 1.93. The molecule has 0 heterocycles. The van der Waals surface area contributed by atoms with E-state index in [4.69, 9.17) is 0 Å². The molecule has 2 aromatic rings. The first-order valence-electron chi connectivity index (χ1n) is 7.45. The predicted octanol–water partition coefficient (Wildman–Crippen LogP) is 4.80. The van der Waals surface area contributed by atoms with Crippen LogP contribution < -0.4 is 0 Å². The van der Waals surface area contributed by atoms with Crippen molar-refractivity contribution in [2.24, 2.45) is 0 Å². The summed E-state index contributed by atoms with van der Waals surface area (Å²) in [6.07, 6.45) is 3.64. The number of aryl methyl sites for hydroxylation is 1. The van der Waals surface area contributed by atoms with Gasteiger partial charge in [0, 0.05) is 16.7 Å². The van der Waals surface area contributed by atoms with Crippen molar-refractivity contribution in [3.63, 3.8) is 0 Å². The van der Waals surface area contributed by atoms with Crippen molar-refractivity contribution < 1.29 is 0 Å². The average molecular weight is 272 g/mol. The van der Waals surface area contributed by atoms with Gasteiger partial charge in [-0.05, 0) is 61.7 Å². The fraction of sp³-hybridized carbons (Fsp3) is 0.238. The number of unbranched alkanes of at least 4 members (excludes halogenated alkanes) is 1. The van der Waals surface area contributed by atoms with E-state index in [1.807, 2.05) is 31.2 Å². The van der Waals surface area contributed by atoms with Crippen LogP contribution in [0.3, 0.4) is 0 Å². The van der Waals surface area contributed by atoms with Crippen molar-refractivity contribution in [1.82, 2.24) is 0 Å². The zero-order chi connectivity index (χ0) is 14.9. The molecule has 0 atom stereocenters. The lowest BCUT2D eigenvalue weighted by Gasteiger charge is -1.99. The topological polar surface area (TPSA) is 0 Å². The molecule has 0 fully saturated rings. The average Bonchev–Trinajstić information content (AvgIpc) is 2.53. The Labute approximate surface area is 128 Å². The van der Waals surface area contributed by atoms with Gasteiger partial charge < -0.3 is 0 Å². The molecule has 104 valence electrons. The SMILES string of the molecule is CC#Cc1ccc(C#Cc2ccc(CCCC)cc2)cc1. The molecule has 0 aliphatic rings. The first kappa shape index (κ1) is 15.0. The summed E-state index contributed by atoms with van der Waals surface area (Å²) >= 11 is 0. The van der Waals surface area contributed by atoms with Gasteiger partial charge in [-0.2, -0.15) is 0 Å². The van der Waals surface area contributed by atoms with Gasteiger partial charge in [-0.3, -0.25) is 0 Å². The zero-order valence-electron chi connectivity index (χ0n) is 12.7. The van der Waals surface area contributed by atoms with Crippen LogP contribution in [0.1, 0.15) is 48.9 Å². The maximum Gasteiger partial charge on any atom is 0.0249 e. The fourth-order valence-electron chi connectivity index (χ4n) is 2.06. The molecule has 0 saturated carbocycles. The van der Waals surface area contributed by atoms with Gasteiger partial charge in [0.15, 0.2) is 0 Å². The van der Waals surface area contributed by atoms with Crippen LogP contribution >= 0.6 is 0 Å². The van der Waals surface area contributed by atoms with E-state index in [1.165, 1.54) is 18.4 Å². The van der Waals surface area contributed by atoms with Gasteiger partial charge in [0.1, 0.15) is 0 Å². The summed E-state index contributed by atoms with van der Waals surface area (Å²) < 4.78 is 0. The lowest BCUT2D eigenvalue weighted by atomic mass is 10.1. The lowest BCUT2D eigenvalue weighted by Crippen LogP contribution is -1.84. The molecule has 0 aromatic heterocycles. The van der Waals surface area contributed by atoms with Crippen LogP contribution in [0.2, 0.25) is 0 Å². The van der Waals surface area contributed by atoms with E-state index in [0.717, 1.165) is 23.1 Å². The normalized spacial score (nSPS) is 9.24. The standard InChI is InChI=1S/C21H20/c1-3-5-7-19-10-14-21(15-11-19)17-16-20-12-8-18(6-4-2)9-13-20/h8-15H,3,5,7H2,1-2H3. The minimum absolute atomic E-state index is 1.02. The second kappa shape index (κ2) is 7.98. The summed E-state index contributed by atoms with van der Waals surface area (Å²) in [5.74, 6) is 12.3. The highest BCUT2D eigenvalue weighted by molar-refractivity contribution is 5.46. The summed E-state index contributed by atoms with van der Waals surface area (Å²) in [6, 6.07) is 16.6. The zero-order valence-corrected chi connectivity index (χ0v) is 12.7. The van der Waals surface area contributed by atoms with Crippen LogP contribution in [0.4, 0.5) is 0 Å². The van der Waals surface area contributed by atoms with Crippen molar-refractivity contribution in [2.75, 3.05) is 0 Å². The number of benzene rings is 2. The molecule has 0 bridgehead atoms. The Morgan fingerprint density at radius 1 is 0.714 bits per heavy atom. The minimum Gasteiger partial charge on any atom is -0.101 e. The Bertz CT molecular complexity index is 680. The van der Waals surface area contributed by atoms with E-state index in [2.05, 4.69) is 54.9 Å². The number of rotatable bonds is 3. The molecule has 0 unspecified atom stereocenters. The van der Waals surface area contributed by atoms with E-state index >= 15 is 0 Å². The fourth-order valence-corrected chi connectivity index (χ4v) is 2.06. The second-order valence-electron chi connectivity index (χ2n) is 5.00. The molecule has 0 amide bonds. The Morgan fingerprint density at radius 3 is 1.67 bits per heavy atom. The van der Waals surface area contributed by atoms with Gasteiger partial charge in [-0.1, -0.05) is 43.2 Å². The highest BCUT2D eigenvalue weighted by Crippen LogP contribution is 2.08.